The van der Waals surface area contributed by atoms with Crippen molar-refractivity contribution < 1.29 is 24.2 Å². The molecule has 160 valence electrons. The predicted molar refractivity (Wildman–Crippen MR) is 112 cm³/mol. The number of urea groups is 1. The standard InChI is InChI=1S/C20H20N6O5/c1-20(2,3)16-11-17(25-31-16)24-19(28)23-13-6-4-12(5-7-13)22-18(27)15-10-14(26(29)30)8-9-21-15/h4-11H,1-3H3,(H3-,21,22,23,24,25,27,28,29,30)/p+1. The van der Waals surface area contributed by atoms with Gasteiger partial charge in [0.2, 0.25) is 0 Å². The highest BCUT2D eigenvalue weighted by molar-refractivity contribution is 6.03. The fraction of sp³-hybridized carbons (Fsp3) is 0.200. The normalized spacial score (nSPS) is 10.9. The van der Waals surface area contributed by atoms with Crippen molar-refractivity contribution in [1.29, 1.82) is 0 Å². The lowest BCUT2D eigenvalue weighted by Crippen LogP contribution is -2.19. The summed E-state index contributed by atoms with van der Waals surface area (Å²) in [4.78, 5) is 38.8. The molecule has 4 N–H and O–H groups in total. The fourth-order valence-electron chi connectivity index (χ4n) is 2.46. The molecule has 0 radical (unpaired) electrons. The van der Waals surface area contributed by atoms with Gasteiger partial charge in [0.25, 0.3) is 10.8 Å². The van der Waals surface area contributed by atoms with Gasteiger partial charge in [0, 0.05) is 35.1 Å². The van der Waals surface area contributed by atoms with Crippen LogP contribution in [-0.2, 0) is 5.41 Å². The molecule has 2 aromatic heterocycles. The van der Waals surface area contributed by atoms with E-state index in [0.29, 0.717) is 23.0 Å². The molecule has 3 amide bonds. The van der Waals surface area contributed by atoms with Gasteiger partial charge in [0.1, 0.15) is 11.5 Å². The van der Waals surface area contributed by atoms with Crippen LogP contribution in [0.15, 0.2) is 53.2 Å². The van der Waals surface area contributed by atoms with E-state index in [1.807, 2.05) is 20.8 Å². The fourth-order valence-corrected chi connectivity index (χ4v) is 2.46. The maximum Gasteiger partial charge on any atom is 0.324 e. The van der Waals surface area contributed by atoms with Crippen molar-refractivity contribution in [1.82, 2.24) is 10.1 Å². The average Bonchev–Trinajstić information content (AvgIpc) is 3.18. The van der Waals surface area contributed by atoms with Crippen LogP contribution < -0.4 is 16.0 Å². The summed E-state index contributed by atoms with van der Waals surface area (Å²) in [5, 5.41) is 20.6. The molecule has 0 aliphatic rings. The first-order valence-corrected chi connectivity index (χ1v) is 9.20. The predicted octanol–water partition coefficient (Wildman–Crippen LogP) is 4.06. The molecule has 0 unspecified atom stereocenters. The summed E-state index contributed by atoms with van der Waals surface area (Å²) in [6, 6.07) is 9.91. The molecular weight excluding hydrogens is 404 g/mol. The SMILES string of the molecule is CC(C)(C)c1cc(NC(=O)Nc2ccc(NC(=O)c3cc([N+](=O)O)ccn3)cc2)no1. The molecule has 2 heterocycles. The number of hydrogen-bond acceptors (Lipinski definition) is 6. The molecule has 0 spiro atoms. The minimum Gasteiger partial charge on any atom is -0.359 e. The highest BCUT2D eigenvalue weighted by atomic mass is 16.6. The van der Waals surface area contributed by atoms with Gasteiger partial charge in [-0.05, 0) is 24.3 Å². The first-order valence-electron chi connectivity index (χ1n) is 9.20. The first kappa shape index (κ1) is 21.4. The van der Waals surface area contributed by atoms with E-state index >= 15 is 0 Å². The number of carbonyl (C=O) groups is 2. The van der Waals surface area contributed by atoms with Crippen LogP contribution in [0.4, 0.5) is 27.7 Å². The Morgan fingerprint density at radius 1 is 1.00 bits per heavy atom. The largest absolute Gasteiger partial charge is 0.359 e. The number of rotatable bonds is 5. The van der Waals surface area contributed by atoms with Crippen LogP contribution in [0.2, 0.25) is 0 Å². The molecule has 1 aromatic carbocycles. The van der Waals surface area contributed by atoms with Gasteiger partial charge in [0.15, 0.2) is 5.82 Å². The highest BCUT2D eigenvalue weighted by Crippen LogP contribution is 2.24. The summed E-state index contributed by atoms with van der Waals surface area (Å²) >= 11 is 0. The third-order valence-electron chi connectivity index (χ3n) is 4.09. The Hall–Kier alpha value is -4.28. The van der Waals surface area contributed by atoms with Crippen LogP contribution in [-0.4, -0.2) is 32.2 Å². The van der Waals surface area contributed by atoms with Crippen molar-refractivity contribution in [2.45, 2.75) is 26.2 Å². The Morgan fingerprint density at radius 3 is 2.23 bits per heavy atom. The Bertz CT molecular complexity index is 1120. The van der Waals surface area contributed by atoms with Gasteiger partial charge in [-0.1, -0.05) is 25.9 Å². The molecule has 0 saturated carbocycles. The Balaban J connectivity index is 1.58. The van der Waals surface area contributed by atoms with Crippen molar-refractivity contribution in [2.75, 3.05) is 16.0 Å². The molecule has 31 heavy (non-hydrogen) atoms. The second-order valence-corrected chi connectivity index (χ2v) is 7.61. The monoisotopic (exact) mass is 425 g/mol. The lowest BCUT2D eigenvalue weighted by Gasteiger charge is -2.12. The minimum absolute atomic E-state index is 0.0452. The molecule has 0 bridgehead atoms. The summed E-state index contributed by atoms with van der Waals surface area (Å²) in [7, 11) is 0. The quantitative estimate of drug-likeness (QED) is 0.450. The molecule has 0 aliphatic heterocycles. The van der Waals surface area contributed by atoms with E-state index in [9.17, 15) is 14.5 Å². The van der Waals surface area contributed by atoms with Gasteiger partial charge in [-0.3, -0.25) is 15.1 Å². The van der Waals surface area contributed by atoms with Crippen LogP contribution >= 0.6 is 0 Å². The van der Waals surface area contributed by atoms with E-state index in [-0.39, 0.29) is 21.7 Å². The molecule has 0 saturated heterocycles. The number of benzene rings is 1. The number of nitrogens with zero attached hydrogens (tertiary/aromatic N) is 3. The lowest BCUT2D eigenvalue weighted by atomic mass is 9.93. The number of aromatic nitrogens is 2. The molecule has 3 aromatic rings. The summed E-state index contributed by atoms with van der Waals surface area (Å²) in [6.07, 6.45) is 1.23. The van der Waals surface area contributed by atoms with E-state index < -0.39 is 11.9 Å². The van der Waals surface area contributed by atoms with Gasteiger partial charge in [0.05, 0.1) is 11.0 Å². The van der Waals surface area contributed by atoms with Crippen molar-refractivity contribution >= 4 is 34.8 Å². The summed E-state index contributed by atoms with van der Waals surface area (Å²) < 4.78 is 5.22. The summed E-state index contributed by atoms with van der Waals surface area (Å²) in [5.41, 5.74) is 0.533. The molecule has 11 heteroatoms. The third kappa shape index (κ3) is 5.63. The van der Waals surface area contributed by atoms with E-state index in [2.05, 4.69) is 26.1 Å². The Kier molecular flexibility index (Phi) is 5.95. The van der Waals surface area contributed by atoms with Crippen LogP contribution in [0, 0.1) is 4.91 Å². The number of pyridine rings is 1. The van der Waals surface area contributed by atoms with Gasteiger partial charge in [-0.25, -0.2) is 10.0 Å². The van der Waals surface area contributed by atoms with Crippen LogP contribution in [0.3, 0.4) is 0 Å². The molecule has 0 aliphatic carbocycles. The van der Waals surface area contributed by atoms with Crippen molar-refractivity contribution in [2.24, 2.45) is 0 Å². The number of amides is 3. The zero-order valence-corrected chi connectivity index (χ0v) is 17.0. The number of anilines is 3. The first-order chi connectivity index (χ1) is 14.6. The van der Waals surface area contributed by atoms with Gasteiger partial charge in [-0.15, -0.1) is 0 Å². The smallest absolute Gasteiger partial charge is 0.324 e. The van der Waals surface area contributed by atoms with Gasteiger partial charge in [-0.2, -0.15) is 0 Å². The number of carbonyl (C=O) groups excluding carboxylic acids is 2. The van der Waals surface area contributed by atoms with Crippen LogP contribution in [0.1, 0.15) is 37.0 Å². The third-order valence-corrected chi connectivity index (χ3v) is 4.09. The second kappa shape index (κ2) is 8.61. The topological polar surface area (TPSA) is 149 Å². The van der Waals surface area contributed by atoms with Gasteiger partial charge < -0.3 is 15.2 Å². The maximum atomic E-state index is 12.3. The zero-order chi connectivity index (χ0) is 22.6. The Labute approximate surface area is 177 Å². The maximum absolute atomic E-state index is 12.3. The van der Waals surface area contributed by atoms with Crippen LogP contribution in [0.5, 0.6) is 0 Å². The van der Waals surface area contributed by atoms with E-state index in [4.69, 9.17) is 9.73 Å². The molecular formula is C20H21N6O5+. The molecule has 0 fully saturated rings. The van der Waals surface area contributed by atoms with Crippen molar-refractivity contribution in [3.63, 3.8) is 0 Å². The molecule has 11 nitrogen and oxygen atoms in total. The molecule has 3 rings (SSSR count). The number of nitrogens with one attached hydrogen (secondary N) is 3. The average molecular weight is 425 g/mol. The van der Waals surface area contributed by atoms with E-state index in [0.717, 1.165) is 6.07 Å². The van der Waals surface area contributed by atoms with Crippen LogP contribution in [0.25, 0.3) is 0 Å². The van der Waals surface area contributed by atoms with E-state index in [1.54, 1.807) is 30.3 Å². The molecule has 0 atom stereocenters. The van der Waals surface area contributed by atoms with E-state index in [1.165, 1.54) is 12.3 Å². The highest BCUT2D eigenvalue weighted by Gasteiger charge is 2.20. The summed E-state index contributed by atoms with van der Waals surface area (Å²) in [5.74, 6) is 0.369. The lowest BCUT2D eigenvalue weighted by molar-refractivity contribution is -0.729. The second-order valence-electron chi connectivity index (χ2n) is 7.61. The summed E-state index contributed by atoms with van der Waals surface area (Å²) in [6.45, 7) is 5.90. The minimum atomic E-state index is -0.567. The van der Waals surface area contributed by atoms with Crippen molar-refractivity contribution in [3.8, 4) is 0 Å². The van der Waals surface area contributed by atoms with Crippen molar-refractivity contribution in [3.05, 3.63) is 65.0 Å². The number of hydrogen-bond donors (Lipinski definition) is 4. The zero-order valence-electron chi connectivity index (χ0n) is 17.0. The van der Waals surface area contributed by atoms with Gasteiger partial charge >= 0.3 is 11.7 Å². The Morgan fingerprint density at radius 2 is 1.65 bits per heavy atom.